The van der Waals surface area contributed by atoms with Gasteiger partial charge in [0.25, 0.3) is 0 Å². The van der Waals surface area contributed by atoms with Gasteiger partial charge in [-0.2, -0.15) is 18.2 Å². The largest absolute Gasteiger partial charge is 0.416 e. The first kappa shape index (κ1) is 17.9. The summed E-state index contributed by atoms with van der Waals surface area (Å²) in [6.07, 6.45) is -2.69. The van der Waals surface area contributed by atoms with Crippen LogP contribution in [0.4, 0.5) is 24.9 Å². The van der Waals surface area contributed by atoms with E-state index in [1.54, 1.807) is 12.3 Å². The van der Waals surface area contributed by atoms with Crippen LogP contribution >= 0.6 is 0 Å². The minimum absolute atomic E-state index is 0.159. The van der Waals surface area contributed by atoms with Crippen molar-refractivity contribution in [1.29, 1.82) is 0 Å². The number of pyridine rings is 1. The van der Waals surface area contributed by atoms with Gasteiger partial charge >= 0.3 is 6.18 Å². The van der Waals surface area contributed by atoms with Crippen LogP contribution in [-0.4, -0.2) is 21.0 Å². The Morgan fingerprint density at radius 2 is 1.77 bits per heavy atom. The lowest BCUT2D eigenvalue weighted by atomic mass is 10.1. The van der Waals surface area contributed by atoms with Crippen LogP contribution in [0.1, 0.15) is 25.0 Å². The number of hydrogen-bond acceptors (Lipinski definition) is 5. The van der Waals surface area contributed by atoms with Crippen LogP contribution < -0.4 is 10.6 Å². The lowest BCUT2D eigenvalue weighted by Gasteiger charge is -2.13. The molecule has 0 amide bonds. The van der Waals surface area contributed by atoms with Gasteiger partial charge in [0.15, 0.2) is 5.82 Å². The Hall–Kier alpha value is -2.90. The van der Waals surface area contributed by atoms with Gasteiger partial charge in [0.2, 0.25) is 5.95 Å². The molecule has 2 heterocycles. The Bertz CT molecular complexity index is 891. The standard InChI is InChI=1S/C18H18F3N5/c1-11(2)24-17-25-14-4-3-9-22-15(14)16(26-17)23-10-12-5-7-13(8-6-12)18(19,20)21/h3-9,11H,10H2,1-2H3,(H2,23,24,25,26). The third-order valence-corrected chi connectivity index (χ3v) is 3.61. The first-order chi connectivity index (χ1) is 12.3. The van der Waals surface area contributed by atoms with Crippen molar-refractivity contribution in [3.63, 3.8) is 0 Å². The van der Waals surface area contributed by atoms with Crippen molar-refractivity contribution in [1.82, 2.24) is 15.0 Å². The maximum absolute atomic E-state index is 12.6. The maximum Gasteiger partial charge on any atom is 0.416 e. The average molecular weight is 361 g/mol. The van der Waals surface area contributed by atoms with Crippen molar-refractivity contribution in [3.8, 4) is 0 Å². The SMILES string of the molecule is CC(C)Nc1nc(NCc2ccc(C(F)(F)F)cc2)c2ncccc2n1. The first-order valence-corrected chi connectivity index (χ1v) is 8.12. The normalized spacial score (nSPS) is 11.8. The van der Waals surface area contributed by atoms with Crippen molar-refractivity contribution >= 4 is 22.8 Å². The van der Waals surface area contributed by atoms with E-state index in [-0.39, 0.29) is 6.04 Å². The van der Waals surface area contributed by atoms with E-state index >= 15 is 0 Å². The number of halogens is 3. The number of fused-ring (bicyclic) bond motifs is 1. The minimum Gasteiger partial charge on any atom is -0.364 e. The average Bonchev–Trinajstić information content (AvgIpc) is 2.58. The molecule has 0 spiro atoms. The van der Waals surface area contributed by atoms with E-state index in [1.807, 2.05) is 19.9 Å². The highest BCUT2D eigenvalue weighted by Gasteiger charge is 2.29. The molecule has 0 saturated carbocycles. The van der Waals surface area contributed by atoms with Crippen molar-refractivity contribution in [2.24, 2.45) is 0 Å². The van der Waals surface area contributed by atoms with Crippen molar-refractivity contribution in [2.45, 2.75) is 32.6 Å². The van der Waals surface area contributed by atoms with E-state index in [0.29, 0.717) is 34.9 Å². The fraction of sp³-hybridized carbons (Fsp3) is 0.278. The molecule has 1 aromatic carbocycles. The molecule has 5 nitrogen and oxygen atoms in total. The first-order valence-electron chi connectivity index (χ1n) is 8.12. The number of rotatable bonds is 5. The van der Waals surface area contributed by atoms with Gasteiger partial charge in [-0.15, -0.1) is 0 Å². The highest BCUT2D eigenvalue weighted by molar-refractivity contribution is 5.86. The van der Waals surface area contributed by atoms with E-state index < -0.39 is 11.7 Å². The van der Waals surface area contributed by atoms with Gasteiger partial charge in [-0.3, -0.25) is 4.98 Å². The maximum atomic E-state index is 12.6. The molecule has 136 valence electrons. The number of aromatic nitrogens is 3. The molecule has 8 heteroatoms. The predicted molar refractivity (Wildman–Crippen MR) is 94.9 cm³/mol. The summed E-state index contributed by atoms with van der Waals surface area (Å²) in [6, 6.07) is 8.80. The van der Waals surface area contributed by atoms with Crippen LogP contribution in [0.2, 0.25) is 0 Å². The van der Waals surface area contributed by atoms with Gasteiger partial charge < -0.3 is 10.6 Å². The molecular formula is C18H18F3N5. The zero-order valence-corrected chi connectivity index (χ0v) is 14.3. The summed E-state index contributed by atoms with van der Waals surface area (Å²) in [5, 5.41) is 6.29. The fourth-order valence-corrected chi connectivity index (χ4v) is 2.41. The summed E-state index contributed by atoms with van der Waals surface area (Å²) in [5.41, 5.74) is 1.33. The molecule has 0 radical (unpaired) electrons. The molecule has 0 bridgehead atoms. The summed E-state index contributed by atoms with van der Waals surface area (Å²) in [5.74, 6) is 0.995. The van der Waals surface area contributed by atoms with Crippen LogP contribution in [0.5, 0.6) is 0 Å². The molecule has 0 aliphatic heterocycles. The van der Waals surface area contributed by atoms with Gasteiger partial charge in [-0.25, -0.2) is 4.98 Å². The predicted octanol–water partition coefficient (Wildman–Crippen LogP) is 4.48. The number of benzene rings is 1. The van der Waals surface area contributed by atoms with Crippen molar-refractivity contribution < 1.29 is 13.2 Å². The van der Waals surface area contributed by atoms with Gasteiger partial charge in [0, 0.05) is 18.8 Å². The van der Waals surface area contributed by atoms with E-state index in [1.165, 1.54) is 12.1 Å². The quantitative estimate of drug-likeness (QED) is 0.702. The highest BCUT2D eigenvalue weighted by atomic mass is 19.4. The molecule has 0 saturated heterocycles. The Morgan fingerprint density at radius 3 is 2.42 bits per heavy atom. The fourth-order valence-electron chi connectivity index (χ4n) is 2.41. The zero-order valence-electron chi connectivity index (χ0n) is 14.3. The third kappa shape index (κ3) is 4.19. The van der Waals surface area contributed by atoms with Crippen LogP contribution in [0, 0.1) is 0 Å². The second-order valence-electron chi connectivity index (χ2n) is 6.11. The molecule has 26 heavy (non-hydrogen) atoms. The number of hydrogen-bond donors (Lipinski definition) is 2. The van der Waals surface area contributed by atoms with E-state index in [0.717, 1.165) is 12.1 Å². The van der Waals surface area contributed by atoms with Gasteiger partial charge in [-0.1, -0.05) is 12.1 Å². The van der Waals surface area contributed by atoms with E-state index in [4.69, 9.17) is 0 Å². The molecular weight excluding hydrogens is 343 g/mol. The molecule has 3 aromatic rings. The van der Waals surface area contributed by atoms with Gasteiger partial charge in [-0.05, 0) is 43.7 Å². The number of anilines is 2. The highest BCUT2D eigenvalue weighted by Crippen LogP contribution is 2.29. The van der Waals surface area contributed by atoms with E-state index in [9.17, 15) is 13.2 Å². The number of alkyl halides is 3. The smallest absolute Gasteiger partial charge is 0.364 e. The minimum atomic E-state index is -4.34. The molecule has 2 N–H and O–H groups in total. The Morgan fingerprint density at radius 1 is 1.04 bits per heavy atom. The van der Waals surface area contributed by atoms with E-state index in [2.05, 4.69) is 25.6 Å². The Kier molecular flexibility index (Phi) is 4.92. The molecule has 0 atom stereocenters. The third-order valence-electron chi connectivity index (χ3n) is 3.61. The molecule has 0 fully saturated rings. The van der Waals surface area contributed by atoms with Crippen molar-refractivity contribution in [2.75, 3.05) is 10.6 Å². The number of nitrogens with one attached hydrogen (secondary N) is 2. The zero-order chi connectivity index (χ0) is 18.7. The van der Waals surface area contributed by atoms with Crippen LogP contribution in [0.3, 0.4) is 0 Å². The molecule has 0 aliphatic carbocycles. The lowest BCUT2D eigenvalue weighted by Crippen LogP contribution is -2.14. The summed E-state index contributed by atoms with van der Waals surface area (Å²) >= 11 is 0. The van der Waals surface area contributed by atoms with Gasteiger partial charge in [0.05, 0.1) is 11.1 Å². The second kappa shape index (κ2) is 7.15. The lowest BCUT2D eigenvalue weighted by molar-refractivity contribution is -0.137. The van der Waals surface area contributed by atoms with Gasteiger partial charge in [0.1, 0.15) is 5.52 Å². The summed E-state index contributed by atoms with van der Waals surface area (Å²) < 4.78 is 37.9. The number of nitrogens with zero attached hydrogens (tertiary/aromatic N) is 3. The summed E-state index contributed by atoms with van der Waals surface area (Å²) in [6.45, 7) is 4.28. The monoisotopic (exact) mass is 361 g/mol. The molecule has 0 aliphatic rings. The van der Waals surface area contributed by atoms with Crippen molar-refractivity contribution in [3.05, 3.63) is 53.7 Å². The van der Waals surface area contributed by atoms with Crippen LogP contribution in [0.15, 0.2) is 42.6 Å². The molecule has 3 rings (SSSR count). The Labute approximate surface area is 148 Å². The molecule has 2 aromatic heterocycles. The Balaban J connectivity index is 1.83. The van der Waals surface area contributed by atoms with Crippen LogP contribution in [0.25, 0.3) is 11.0 Å². The topological polar surface area (TPSA) is 62.7 Å². The summed E-state index contributed by atoms with van der Waals surface area (Å²) in [7, 11) is 0. The molecule has 0 unspecified atom stereocenters. The summed E-state index contributed by atoms with van der Waals surface area (Å²) in [4.78, 5) is 13.2. The van der Waals surface area contributed by atoms with Crippen LogP contribution in [-0.2, 0) is 12.7 Å². The second-order valence-corrected chi connectivity index (χ2v) is 6.11.